The largest absolute Gasteiger partial charge is 0.465 e. The van der Waals surface area contributed by atoms with Crippen LogP contribution in [0.3, 0.4) is 0 Å². The van der Waals surface area contributed by atoms with Gasteiger partial charge in [-0.1, -0.05) is 148 Å². The third-order valence-corrected chi connectivity index (χ3v) is 8.39. The maximum atomic E-state index is 12.2. The number of allylic oxidation sites excluding steroid dienone is 4. The van der Waals surface area contributed by atoms with Crippen LogP contribution in [-0.2, 0) is 14.3 Å². The number of esters is 1. The Balaban J connectivity index is 3.55. The number of amides is 1. The number of carbonyl (C=O) groups excluding carboxylic acids is 2. The molecule has 0 radical (unpaired) electrons. The number of carbonyl (C=O) groups is 2. The summed E-state index contributed by atoms with van der Waals surface area (Å²) >= 11 is 0. The summed E-state index contributed by atoms with van der Waals surface area (Å²) in [6.07, 6.45) is 39.5. The van der Waals surface area contributed by atoms with E-state index in [4.69, 9.17) is 4.74 Å². The number of likely N-dealkylation sites (N-methyl/N-ethyl adjacent to an activating group) is 1. The van der Waals surface area contributed by atoms with Crippen molar-refractivity contribution in [3.63, 3.8) is 0 Å². The third kappa shape index (κ3) is 33.3. The summed E-state index contributed by atoms with van der Waals surface area (Å²) in [5, 5.41) is 3.05. The lowest BCUT2D eigenvalue weighted by molar-refractivity contribution is -0.145. The van der Waals surface area contributed by atoms with Crippen LogP contribution in [0.2, 0.25) is 0 Å². The lowest BCUT2D eigenvalue weighted by Gasteiger charge is -2.19. The van der Waals surface area contributed by atoms with Crippen LogP contribution >= 0.6 is 0 Å². The van der Waals surface area contributed by atoms with Crippen LogP contribution in [0.25, 0.3) is 0 Å². The highest BCUT2D eigenvalue weighted by atomic mass is 16.5. The number of unbranched alkanes of at least 4 members (excludes halogenated alkanes) is 19. The molecule has 0 aliphatic rings. The maximum absolute atomic E-state index is 12.2. The number of rotatable bonds is 34. The predicted molar refractivity (Wildman–Crippen MR) is 191 cm³/mol. The fourth-order valence-corrected chi connectivity index (χ4v) is 5.42. The number of hydrogen-bond donors (Lipinski definition) is 1. The van der Waals surface area contributed by atoms with Gasteiger partial charge in [-0.2, -0.15) is 0 Å². The monoisotopic (exact) mass is 619 g/mol. The Morgan fingerprint density at radius 1 is 0.591 bits per heavy atom. The molecular weight excluding hydrogens is 544 g/mol. The lowest BCUT2D eigenvalue weighted by Crippen LogP contribution is -2.34. The molecule has 258 valence electrons. The van der Waals surface area contributed by atoms with E-state index in [-0.39, 0.29) is 11.9 Å². The summed E-state index contributed by atoms with van der Waals surface area (Å²) in [7, 11) is 0. The van der Waals surface area contributed by atoms with E-state index in [1.165, 1.54) is 109 Å². The second kappa shape index (κ2) is 35.9. The van der Waals surface area contributed by atoms with Crippen LogP contribution in [0.4, 0.5) is 0 Å². The average molecular weight is 619 g/mol. The number of ether oxygens (including phenoxy) is 1. The van der Waals surface area contributed by atoms with Gasteiger partial charge in [0, 0.05) is 19.5 Å². The minimum absolute atomic E-state index is 0.125. The highest BCUT2D eigenvalue weighted by Crippen LogP contribution is 2.12. The first-order valence-electron chi connectivity index (χ1n) is 19.1. The number of nitrogens with one attached hydrogen (secondary N) is 1. The zero-order chi connectivity index (χ0) is 32.2. The zero-order valence-electron chi connectivity index (χ0n) is 29.7. The third-order valence-electron chi connectivity index (χ3n) is 8.39. The molecule has 1 amide bonds. The van der Waals surface area contributed by atoms with Gasteiger partial charge in [-0.05, 0) is 57.9 Å². The molecule has 0 saturated heterocycles. The van der Waals surface area contributed by atoms with Crippen LogP contribution in [0.5, 0.6) is 0 Å². The summed E-state index contributed by atoms with van der Waals surface area (Å²) in [6, 6.07) is 0. The summed E-state index contributed by atoms with van der Waals surface area (Å²) in [6.45, 7) is 9.75. The molecule has 0 bridgehead atoms. The molecule has 5 heteroatoms. The molecule has 0 atom stereocenters. The second-order valence-electron chi connectivity index (χ2n) is 12.7. The normalized spacial score (nSPS) is 11.7. The van der Waals surface area contributed by atoms with Crippen molar-refractivity contribution < 1.29 is 14.3 Å². The van der Waals surface area contributed by atoms with Crippen molar-refractivity contribution in [2.24, 2.45) is 0 Å². The van der Waals surface area contributed by atoms with Crippen LogP contribution in [0, 0.1) is 0 Å². The van der Waals surface area contributed by atoms with Crippen LogP contribution in [0.15, 0.2) is 24.3 Å². The van der Waals surface area contributed by atoms with Gasteiger partial charge < -0.3 is 10.1 Å². The smallest absolute Gasteiger partial charge is 0.320 e. The Bertz CT molecular complexity index is 676. The number of nitrogens with zero attached hydrogens (tertiary/aromatic N) is 1. The highest BCUT2D eigenvalue weighted by Gasteiger charge is 2.10. The Labute approximate surface area is 274 Å². The van der Waals surface area contributed by atoms with Gasteiger partial charge in [0.25, 0.3) is 0 Å². The Morgan fingerprint density at radius 3 is 1.68 bits per heavy atom. The van der Waals surface area contributed by atoms with Gasteiger partial charge in [-0.15, -0.1) is 0 Å². The van der Waals surface area contributed by atoms with Crippen LogP contribution < -0.4 is 5.32 Å². The maximum Gasteiger partial charge on any atom is 0.320 e. The van der Waals surface area contributed by atoms with Crippen molar-refractivity contribution >= 4 is 11.9 Å². The molecule has 0 rings (SSSR count). The molecule has 0 spiro atoms. The van der Waals surface area contributed by atoms with E-state index in [1.54, 1.807) is 0 Å². The van der Waals surface area contributed by atoms with Crippen molar-refractivity contribution in [3.8, 4) is 0 Å². The van der Waals surface area contributed by atoms with Gasteiger partial charge in [-0.25, -0.2) is 0 Å². The highest BCUT2D eigenvalue weighted by molar-refractivity contribution is 5.75. The first-order chi connectivity index (χ1) is 21.6. The van der Waals surface area contributed by atoms with Gasteiger partial charge >= 0.3 is 5.97 Å². The fraction of sp³-hybridized carbons (Fsp3) is 0.846. The molecule has 44 heavy (non-hydrogen) atoms. The summed E-state index contributed by atoms with van der Waals surface area (Å²) in [5.41, 5.74) is 0. The first kappa shape index (κ1) is 42.4. The van der Waals surface area contributed by atoms with E-state index in [9.17, 15) is 9.59 Å². The molecule has 0 aliphatic carbocycles. The Hall–Kier alpha value is -1.62. The van der Waals surface area contributed by atoms with E-state index < -0.39 is 0 Å². The van der Waals surface area contributed by atoms with E-state index in [2.05, 4.69) is 55.3 Å². The van der Waals surface area contributed by atoms with Gasteiger partial charge in [0.05, 0.1) is 13.2 Å². The van der Waals surface area contributed by atoms with E-state index in [1.807, 2.05) is 0 Å². The van der Waals surface area contributed by atoms with Crippen molar-refractivity contribution in [2.45, 2.75) is 181 Å². The SMILES string of the molecule is CCCCC/C=C/C/C=C/CCCCCCCC(=O)NCCCN(CC)CC(=O)OCCCCCCCCCCCCCC. The minimum Gasteiger partial charge on any atom is -0.465 e. The van der Waals surface area contributed by atoms with Gasteiger partial charge in [0.2, 0.25) is 5.91 Å². The summed E-state index contributed by atoms with van der Waals surface area (Å²) in [4.78, 5) is 26.5. The van der Waals surface area contributed by atoms with Gasteiger partial charge in [0.1, 0.15) is 0 Å². The van der Waals surface area contributed by atoms with Crippen molar-refractivity contribution in [1.82, 2.24) is 10.2 Å². The Morgan fingerprint density at radius 2 is 1.09 bits per heavy atom. The van der Waals surface area contributed by atoms with E-state index in [0.29, 0.717) is 26.1 Å². The molecule has 0 saturated carbocycles. The molecule has 0 unspecified atom stereocenters. The Kier molecular flexibility index (Phi) is 34.5. The van der Waals surface area contributed by atoms with Crippen LogP contribution in [-0.4, -0.2) is 49.6 Å². The van der Waals surface area contributed by atoms with Crippen molar-refractivity contribution in [1.29, 1.82) is 0 Å². The van der Waals surface area contributed by atoms with Gasteiger partial charge in [0.15, 0.2) is 0 Å². The predicted octanol–water partition coefficient (Wildman–Crippen LogP) is 10.9. The van der Waals surface area contributed by atoms with E-state index in [0.717, 1.165) is 58.0 Å². The fourth-order valence-electron chi connectivity index (χ4n) is 5.42. The standard InChI is InChI=1S/C39H74N2O3/c1-4-7-9-11-13-15-17-19-20-21-22-24-26-28-30-33-38(42)40-34-32-35-41(6-3)37-39(43)44-36-31-29-27-25-23-18-16-14-12-10-8-5-2/h13,15,19-20H,4-12,14,16-18,21-37H2,1-3H3,(H,40,42)/b15-13+,20-19+. The summed E-state index contributed by atoms with van der Waals surface area (Å²) in [5.74, 6) is 0.0286. The zero-order valence-corrected chi connectivity index (χ0v) is 29.7. The van der Waals surface area contributed by atoms with Crippen LogP contribution in [0.1, 0.15) is 181 Å². The minimum atomic E-state index is -0.125. The molecule has 0 aromatic heterocycles. The second-order valence-corrected chi connectivity index (χ2v) is 12.7. The van der Waals surface area contributed by atoms with Crippen molar-refractivity contribution in [3.05, 3.63) is 24.3 Å². The first-order valence-corrected chi connectivity index (χ1v) is 19.1. The summed E-state index contributed by atoms with van der Waals surface area (Å²) < 4.78 is 5.47. The molecule has 0 aromatic carbocycles. The average Bonchev–Trinajstić information content (AvgIpc) is 3.02. The molecule has 0 fully saturated rings. The molecule has 0 aromatic rings. The molecule has 0 aliphatic heterocycles. The molecule has 1 N–H and O–H groups in total. The molecule has 0 heterocycles. The topological polar surface area (TPSA) is 58.6 Å². The van der Waals surface area contributed by atoms with Gasteiger partial charge in [-0.3, -0.25) is 14.5 Å². The lowest BCUT2D eigenvalue weighted by atomic mass is 10.1. The molecule has 5 nitrogen and oxygen atoms in total. The number of hydrogen-bond acceptors (Lipinski definition) is 4. The molecular formula is C39H74N2O3. The van der Waals surface area contributed by atoms with E-state index >= 15 is 0 Å². The quantitative estimate of drug-likeness (QED) is 0.0443. The van der Waals surface area contributed by atoms with Crippen molar-refractivity contribution in [2.75, 3.05) is 32.8 Å².